The predicted octanol–water partition coefficient (Wildman–Crippen LogP) is 3.40. The molecule has 0 radical (unpaired) electrons. The monoisotopic (exact) mass is 311 g/mol. The van der Waals surface area contributed by atoms with E-state index in [2.05, 4.69) is 10.4 Å². The van der Waals surface area contributed by atoms with Crippen molar-refractivity contribution >= 4 is 11.6 Å². The van der Waals surface area contributed by atoms with Crippen LogP contribution in [0.4, 0.5) is 4.39 Å². The van der Waals surface area contributed by atoms with Gasteiger partial charge in [-0.15, -0.1) is 0 Å². The van der Waals surface area contributed by atoms with Crippen LogP contribution in [0.15, 0.2) is 24.4 Å². The van der Waals surface area contributed by atoms with Crippen molar-refractivity contribution in [3.63, 3.8) is 0 Å². The molecule has 21 heavy (non-hydrogen) atoms. The number of hydrogen-bond donors (Lipinski definition) is 1. The van der Waals surface area contributed by atoms with Crippen molar-refractivity contribution in [1.29, 1.82) is 0 Å². The van der Waals surface area contributed by atoms with Gasteiger partial charge in [-0.05, 0) is 25.6 Å². The Morgan fingerprint density at radius 3 is 2.76 bits per heavy atom. The molecule has 6 heteroatoms. The van der Waals surface area contributed by atoms with E-state index in [0.717, 1.165) is 5.69 Å². The van der Waals surface area contributed by atoms with Crippen LogP contribution in [0, 0.1) is 5.82 Å². The molecule has 2 rings (SSSR count). The first-order valence-electron chi connectivity index (χ1n) is 6.90. The third-order valence-electron chi connectivity index (χ3n) is 3.32. The van der Waals surface area contributed by atoms with Gasteiger partial charge in [-0.3, -0.25) is 4.68 Å². The highest BCUT2D eigenvalue weighted by atomic mass is 35.5. The Morgan fingerprint density at radius 1 is 1.43 bits per heavy atom. The minimum absolute atomic E-state index is 0.343. The van der Waals surface area contributed by atoms with E-state index in [1.54, 1.807) is 30.1 Å². The molecule has 1 N–H and O–H groups in total. The Morgan fingerprint density at radius 2 is 2.19 bits per heavy atom. The van der Waals surface area contributed by atoms with E-state index >= 15 is 0 Å². The molecule has 1 heterocycles. The second kappa shape index (κ2) is 6.91. The molecule has 1 aromatic heterocycles. The van der Waals surface area contributed by atoms with Crippen molar-refractivity contribution in [3.05, 3.63) is 46.5 Å². The highest BCUT2D eigenvalue weighted by Gasteiger charge is 2.25. The quantitative estimate of drug-likeness (QED) is 0.888. The summed E-state index contributed by atoms with van der Waals surface area (Å²) in [5, 5.41) is 7.95. The standard InChI is InChI=1S/C15H19ClFN3O/c1-4-18-14(11-7-6-10(16)8-12(11)17)15-13(21-3)9-19-20(15)5-2/h6-9,14,18H,4-5H2,1-3H3. The first kappa shape index (κ1) is 15.8. The Kier molecular flexibility index (Phi) is 5.20. The van der Waals surface area contributed by atoms with Crippen molar-refractivity contribution in [2.45, 2.75) is 26.4 Å². The molecule has 1 unspecified atom stereocenters. The summed E-state index contributed by atoms with van der Waals surface area (Å²) in [7, 11) is 1.59. The summed E-state index contributed by atoms with van der Waals surface area (Å²) in [6.45, 7) is 5.32. The first-order valence-corrected chi connectivity index (χ1v) is 7.28. The second-order valence-corrected chi connectivity index (χ2v) is 5.01. The summed E-state index contributed by atoms with van der Waals surface area (Å²) in [4.78, 5) is 0. The number of nitrogens with zero attached hydrogens (tertiary/aromatic N) is 2. The summed E-state index contributed by atoms with van der Waals surface area (Å²) in [6.07, 6.45) is 1.65. The van der Waals surface area contributed by atoms with Crippen molar-refractivity contribution < 1.29 is 9.13 Å². The van der Waals surface area contributed by atoms with E-state index in [9.17, 15) is 4.39 Å². The van der Waals surface area contributed by atoms with Crippen LogP contribution in [-0.2, 0) is 6.54 Å². The van der Waals surface area contributed by atoms with Crippen molar-refractivity contribution in [3.8, 4) is 5.75 Å². The Bertz CT molecular complexity index is 593. The van der Waals surface area contributed by atoms with E-state index in [4.69, 9.17) is 16.3 Å². The third-order valence-corrected chi connectivity index (χ3v) is 3.55. The molecular weight excluding hydrogens is 293 g/mol. The average molecular weight is 312 g/mol. The molecule has 2 aromatic rings. The zero-order chi connectivity index (χ0) is 15.4. The largest absolute Gasteiger partial charge is 0.493 e. The first-order chi connectivity index (χ1) is 10.1. The van der Waals surface area contributed by atoms with Crippen LogP contribution in [0.3, 0.4) is 0 Å². The SMILES string of the molecule is CCNC(c1ccc(Cl)cc1F)c1c(OC)cnn1CC. The van der Waals surface area contributed by atoms with E-state index in [1.807, 2.05) is 13.8 Å². The molecule has 0 fully saturated rings. The fourth-order valence-electron chi connectivity index (χ4n) is 2.37. The fourth-order valence-corrected chi connectivity index (χ4v) is 2.53. The summed E-state index contributed by atoms with van der Waals surface area (Å²) in [5.41, 5.74) is 1.33. The normalized spacial score (nSPS) is 12.4. The summed E-state index contributed by atoms with van der Waals surface area (Å²) < 4.78 is 21.5. The average Bonchev–Trinajstić information content (AvgIpc) is 2.88. The number of ether oxygens (including phenoxy) is 1. The van der Waals surface area contributed by atoms with Crippen LogP contribution in [0.25, 0.3) is 0 Å². The minimum atomic E-state index is -0.348. The van der Waals surface area contributed by atoms with Gasteiger partial charge in [0.05, 0.1) is 19.3 Å². The minimum Gasteiger partial charge on any atom is -0.493 e. The van der Waals surface area contributed by atoms with Crippen LogP contribution in [-0.4, -0.2) is 23.4 Å². The number of rotatable bonds is 6. The van der Waals surface area contributed by atoms with Gasteiger partial charge < -0.3 is 10.1 Å². The van der Waals surface area contributed by atoms with Crippen molar-refractivity contribution in [1.82, 2.24) is 15.1 Å². The zero-order valence-electron chi connectivity index (χ0n) is 12.4. The number of hydrogen-bond acceptors (Lipinski definition) is 3. The smallest absolute Gasteiger partial charge is 0.161 e. The van der Waals surface area contributed by atoms with Crippen LogP contribution in [0.2, 0.25) is 5.02 Å². The van der Waals surface area contributed by atoms with Gasteiger partial charge in [0.2, 0.25) is 0 Å². The van der Waals surface area contributed by atoms with Gasteiger partial charge in [-0.2, -0.15) is 5.10 Å². The molecule has 114 valence electrons. The Balaban J connectivity index is 2.55. The third kappa shape index (κ3) is 3.19. The van der Waals surface area contributed by atoms with E-state index < -0.39 is 0 Å². The number of aromatic nitrogens is 2. The lowest BCUT2D eigenvalue weighted by Crippen LogP contribution is -2.26. The predicted molar refractivity (Wildman–Crippen MR) is 81.4 cm³/mol. The molecule has 0 spiro atoms. The lowest BCUT2D eigenvalue weighted by atomic mass is 10.0. The van der Waals surface area contributed by atoms with Crippen LogP contribution < -0.4 is 10.1 Å². The molecular formula is C15H19ClFN3O. The maximum atomic E-state index is 14.3. The van der Waals surface area contributed by atoms with Gasteiger partial charge in [-0.1, -0.05) is 24.6 Å². The maximum absolute atomic E-state index is 14.3. The Labute approximate surface area is 128 Å². The number of benzene rings is 1. The van der Waals surface area contributed by atoms with Crippen molar-refractivity contribution in [2.24, 2.45) is 0 Å². The molecule has 0 aliphatic rings. The molecule has 4 nitrogen and oxygen atoms in total. The van der Waals surface area contributed by atoms with E-state index in [0.29, 0.717) is 29.4 Å². The van der Waals surface area contributed by atoms with Gasteiger partial charge in [-0.25, -0.2) is 4.39 Å². The lowest BCUT2D eigenvalue weighted by Gasteiger charge is -2.21. The molecule has 0 amide bonds. The fraction of sp³-hybridized carbons (Fsp3) is 0.400. The summed E-state index contributed by atoms with van der Waals surface area (Å²) in [5.74, 6) is 0.288. The number of aryl methyl sites for hydroxylation is 1. The van der Waals surface area contributed by atoms with Crippen LogP contribution in [0.1, 0.15) is 31.1 Å². The van der Waals surface area contributed by atoms with Gasteiger partial charge in [0, 0.05) is 17.1 Å². The number of nitrogens with one attached hydrogen (secondary N) is 1. The van der Waals surface area contributed by atoms with Crippen LogP contribution >= 0.6 is 11.6 Å². The van der Waals surface area contributed by atoms with Gasteiger partial charge in [0.1, 0.15) is 11.5 Å². The maximum Gasteiger partial charge on any atom is 0.161 e. The van der Waals surface area contributed by atoms with Gasteiger partial charge in [0.25, 0.3) is 0 Å². The molecule has 1 atom stereocenters. The molecule has 1 aromatic carbocycles. The van der Waals surface area contributed by atoms with Crippen molar-refractivity contribution in [2.75, 3.05) is 13.7 Å². The Hall–Kier alpha value is -1.59. The topological polar surface area (TPSA) is 39.1 Å². The highest BCUT2D eigenvalue weighted by molar-refractivity contribution is 6.30. The highest BCUT2D eigenvalue weighted by Crippen LogP contribution is 2.32. The number of methoxy groups -OCH3 is 1. The molecule has 0 saturated carbocycles. The lowest BCUT2D eigenvalue weighted by molar-refractivity contribution is 0.398. The summed E-state index contributed by atoms with van der Waals surface area (Å²) >= 11 is 5.84. The molecule has 0 aliphatic heterocycles. The zero-order valence-corrected chi connectivity index (χ0v) is 13.1. The number of halogens is 2. The molecule has 0 aliphatic carbocycles. The van der Waals surface area contributed by atoms with Crippen LogP contribution in [0.5, 0.6) is 5.75 Å². The van der Waals surface area contributed by atoms with E-state index in [1.165, 1.54) is 6.07 Å². The van der Waals surface area contributed by atoms with Gasteiger partial charge >= 0.3 is 0 Å². The molecule has 0 bridgehead atoms. The van der Waals surface area contributed by atoms with E-state index in [-0.39, 0.29) is 11.9 Å². The second-order valence-electron chi connectivity index (χ2n) is 4.57. The van der Waals surface area contributed by atoms with Gasteiger partial charge in [0.15, 0.2) is 5.75 Å². The summed E-state index contributed by atoms with van der Waals surface area (Å²) in [6, 6.07) is 4.35. The molecule has 0 saturated heterocycles.